The number of carboxylic acids is 1. The Bertz CT molecular complexity index is 657. The van der Waals surface area contributed by atoms with Crippen LogP contribution >= 0.6 is 0 Å². The van der Waals surface area contributed by atoms with E-state index in [2.05, 4.69) is 5.32 Å². The lowest BCUT2D eigenvalue weighted by Crippen LogP contribution is -2.07. The van der Waals surface area contributed by atoms with Gasteiger partial charge < -0.3 is 15.5 Å². The Labute approximate surface area is 119 Å². The third-order valence-electron chi connectivity index (χ3n) is 3.00. The second kappa shape index (κ2) is 6.32. The van der Waals surface area contributed by atoms with Crippen molar-refractivity contribution >= 4 is 11.7 Å². The molecule has 0 bridgehead atoms. The van der Waals surface area contributed by atoms with Gasteiger partial charge in [0.25, 0.3) is 0 Å². The molecule has 0 aliphatic heterocycles. The van der Waals surface area contributed by atoms with E-state index in [1.807, 2.05) is 0 Å². The van der Waals surface area contributed by atoms with Gasteiger partial charge in [-0.25, -0.2) is 13.6 Å². The topological polar surface area (TPSA) is 69.6 Å². The van der Waals surface area contributed by atoms with E-state index in [1.54, 1.807) is 24.3 Å². The van der Waals surface area contributed by atoms with Crippen LogP contribution in [-0.4, -0.2) is 16.2 Å². The van der Waals surface area contributed by atoms with Crippen molar-refractivity contribution in [3.63, 3.8) is 0 Å². The maximum atomic E-state index is 13.7. The Morgan fingerprint density at radius 3 is 2.19 bits per heavy atom. The van der Waals surface area contributed by atoms with Crippen LogP contribution in [0.15, 0.2) is 36.4 Å². The summed E-state index contributed by atoms with van der Waals surface area (Å²) in [5.74, 6) is -4.12. The zero-order valence-electron chi connectivity index (χ0n) is 10.9. The Hall–Kier alpha value is -2.47. The number of rotatable bonds is 5. The van der Waals surface area contributed by atoms with Crippen LogP contribution in [0.2, 0.25) is 0 Å². The zero-order valence-corrected chi connectivity index (χ0v) is 10.9. The van der Waals surface area contributed by atoms with Crippen LogP contribution in [0.5, 0.6) is 0 Å². The van der Waals surface area contributed by atoms with Crippen LogP contribution in [0.4, 0.5) is 14.5 Å². The normalized spacial score (nSPS) is 10.4. The largest absolute Gasteiger partial charge is 0.478 e. The molecule has 3 N–H and O–H groups in total. The average molecular weight is 293 g/mol. The maximum absolute atomic E-state index is 13.7. The van der Waals surface area contributed by atoms with E-state index < -0.39 is 23.2 Å². The lowest BCUT2D eigenvalue weighted by Gasteiger charge is -2.09. The lowest BCUT2D eigenvalue weighted by molar-refractivity contribution is 0.0690. The number of nitrogens with one attached hydrogen (secondary N) is 1. The van der Waals surface area contributed by atoms with Gasteiger partial charge >= 0.3 is 5.97 Å². The van der Waals surface area contributed by atoms with E-state index in [0.29, 0.717) is 0 Å². The van der Waals surface area contributed by atoms with Gasteiger partial charge in [0.2, 0.25) is 0 Å². The highest BCUT2D eigenvalue weighted by molar-refractivity contribution is 5.88. The summed E-state index contributed by atoms with van der Waals surface area (Å²) in [7, 11) is 0. The first-order chi connectivity index (χ1) is 10.0. The number of halogens is 2. The molecule has 4 nitrogen and oxygen atoms in total. The van der Waals surface area contributed by atoms with Crippen molar-refractivity contribution in [2.75, 3.05) is 5.32 Å². The standard InChI is InChI=1S/C15H13F2NO3/c16-13-11(15(20)21)5-6-12(14(13)17)18-7-9-1-3-10(8-19)4-2-9/h1-6,18-19H,7-8H2,(H,20,21). The van der Waals surface area contributed by atoms with Gasteiger partial charge in [-0.15, -0.1) is 0 Å². The summed E-state index contributed by atoms with van der Waals surface area (Å²) in [5.41, 5.74) is 0.755. The molecule has 0 unspecified atom stereocenters. The van der Waals surface area contributed by atoms with Crippen LogP contribution in [-0.2, 0) is 13.2 Å². The molecule has 0 aliphatic rings. The molecule has 0 spiro atoms. The van der Waals surface area contributed by atoms with E-state index in [9.17, 15) is 13.6 Å². The van der Waals surface area contributed by atoms with Crippen molar-refractivity contribution in [2.24, 2.45) is 0 Å². The van der Waals surface area contributed by atoms with Crippen molar-refractivity contribution in [3.8, 4) is 0 Å². The third-order valence-corrected chi connectivity index (χ3v) is 3.00. The fraction of sp³-hybridized carbons (Fsp3) is 0.133. The number of aromatic carboxylic acids is 1. The van der Waals surface area contributed by atoms with Crippen molar-refractivity contribution in [3.05, 3.63) is 64.7 Å². The highest BCUT2D eigenvalue weighted by atomic mass is 19.2. The highest BCUT2D eigenvalue weighted by Crippen LogP contribution is 2.21. The molecule has 0 heterocycles. The Morgan fingerprint density at radius 2 is 1.62 bits per heavy atom. The second-order valence-corrected chi connectivity index (χ2v) is 4.42. The molecule has 0 saturated heterocycles. The highest BCUT2D eigenvalue weighted by Gasteiger charge is 2.17. The molecule has 0 aromatic heterocycles. The van der Waals surface area contributed by atoms with Gasteiger partial charge in [0.05, 0.1) is 17.9 Å². The van der Waals surface area contributed by atoms with Gasteiger partial charge in [0.1, 0.15) is 0 Å². The Kier molecular flexibility index (Phi) is 4.49. The molecule has 2 aromatic carbocycles. The summed E-state index contributed by atoms with van der Waals surface area (Å²) in [5, 5.41) is 20.3. The van der Waals surface area contributed by atoms with Crippen molar-refractivity contribution in [1.82, 2.24) is 0 Å². The molecule has 0 atom stereocenters. The van der Waals surface area contributed by atoms with Crippen LogP contribution < -0.4 is 5.32 Å². The first-order valence-electron chi connectivity index (χ1n) is 6.16. The predicted molar refractivity (Wildman–Crippen MR) is 73.0 cm³/mol. The van der Waals surface area contributed by atoms with Gasteiger partial charge in [-0.2, -0.15) is 0 Å². The molecule has 0 saturated carbocycles. The number of hydrogen-bond acceptors (Lipinski definition) is 3. The lowest BCUT2D eigenvalue weighted by atomic mass is 10.1. The summed E-state index contributed by atoms with van der Waals surface area (Å²) >= 11 is 0. The molecule has 0 fully saturated rings. The summed E-state index contributed by atoms with van der Waals surface area (Å²) in [6.45, 7) is 0.179. The van der Waals surface area contributed by atoms with Crippen LogP contribution in [0.1, 0.15) is 21.5 Å². The average Bonchev–Trinajstić information content (AvgIpc) is 2.49. The minimum absolute atomic E-state index is 0.0653. The van der Waals surface area contributed by atoms with Crippen molar-refractivity contribution in [2.45, 2.75) is 13.2 Å². The summed E-state index contributed by atoms with van der Waals surface area (Å²) in [6.07, 6.45) is 0. The van der Waals surface area contributed by atoms with E-state index in [4.69, 9.17) is 10.2 Å². The molecule has 0 radical (unpaired) electrons. The number of aliphatic hydroxyl groups is 1. The molecular weight excluding hydrogens is 280 g/mol. The van der Waals surface area contributed by atoms with E-state index in [0.717, 1.165) is 17.2 Å². The van der Waals surface area contributed by atoms with Gasteiger partial charge in [0, 0.05) is 6.54 Å². The van der Waals surface area contributed by atoms with Crippen LogP contribution in [0.3, 0.4) is 0 Å². The second-order valence-electron chi connectivity index (χ2n) is 4.42. The van der Waals surface area contributed by atoms with Gasteiger partial charge in [-0.05, 0) is 23.3 Å². The van der Waals surface area contributed by atoms with Gasteiger partial charge in [-0.1, -0.05) is 24.3 Å². The summed E-state index contributed by atoms with van der Waals surface area (Å²) < 4.78 is 27.2. The first-order valence-corrected chi connectivity index (χ1v) is 6.16. The van der Waals surface area contributed by atoms with Crippen molar-refractivity contribution < 1.29 is 23.8 Å². The van der Waals surface area contributed by atoms with E-state index in [1.165, 1.54) is 6.07 Å². The minimum Gasteiger partial charge on any atom is -0.478 e. The SMILES string of the molecule is O=C(O)c1ccc(NCc2ccc(CO)cc2)c(F)c1F. The molecule has 2 rings (SSSR count). The minimum atomic E-state index is -1.52. The number of carboxylic acid groups (broad SMARTS) is 1. The smallest absolute Gasteiger partial charge is 0.338 e. The first kappa shape index (κ1) is 14.9. The molecule has 21 heavy (non-hydrogen) atoms. The molecule has 2 aromatic rings. The fourth-order valence-electron chi connectivity index (χ4n) is 1.81. The molecule has 6 heteroatoms. The van der Waals surface area contributed by atoms with Gasteiger partial charge in [0.15, 0.2) is 11.6 Å². The van der Waals surface area contributed by atoms with Crippen LogP contribution in [0.25, 0.3) is 0 Å². The molecule has 0 amide bonds. The third kappa shape index (κ3) is 3.35. The Balaban J connectivity index is 2.12. The number of hydrogen-bond donors (Lipinski definition) is 3. The number of carbonyl (C=O) groups is 1. The quantitative estimate of drug-likeness (QED) is 0.793. The van der Waals surface area contributed by atoms with E-state index >= 15 is 0 Å². The molecule has 0 aliphatic carbocycles. The van der Waals surface area contributed by atoms with Crippen LogP contribution in [0, 0.1) is 11.6 Å². The summed E-state index contributed by atoms with van der Waals surface area (Å²) in [6, 6.07) is 9.14. The van der Waals surface area contributed by atoms with Gasteiger partial charge in [-0.3, -0.25) is 0 Å². The molecule has 110 valence electrons. The van der Waals surface area contributed by atoms with Crippen molar-refractivity contribution in [1.29, 1.82) is 0 Å². The van der Waals surface area contributed by atoms with E-state index in [-0.39, 0.29) is 18.8 Å². The number of benzene rings is 2. The predicted octanol–water partition coefficient (Wildman–Crippen LogP) is 2.77. The Morgan fingerprint density at radius 1 is 1.00 bits per heavy atom. The maximum Gasteiger partial charge on any atom is 0.338 e. The number of aliphatic hydroxyl groups excluding tert-OH is 1. The summed E-state index contributed by atoms with van der Waals surface area (Å²) in [4.78, 5) is 10.7. The molecular formula is C15H13F2NO3. The number of anilines is 1. The fourth-order valence-corrected chi connectivity index (χ4v) is 1.81. The zero-order chi connectivity index (χ0) is 15.4. The monoisotopic (exact) mass is 293 g/mol.